The number of sulfonamides is 1. The van der Waals surface area contributed by atoms with Gasteiger partial charge >= 0.3 is 5.97 Å². The molecule has 0 atom stereocenters. The Morgan fingerprint density at radius 1 is 1.27 bits per heavy atom. The highest BCUT2D eigenvalue weighted by Crippen LogP contribution is 2.23. The van der Waals surface area contributed by atoms with E-state index in [0.29, 0.717) is 37.2 Å². The second kappa shape index (κ2) is 8.61. The van der Waals surface area contributed by atoms with Gasteiger partial charge in [0.25, 0.3) is 0 Å². The number of nitrogens with one attached hydrogen (secondary N) is 1. The summed E-state index contributed by atoms with van der Waals surface area (Å²) >= 11 is 0. The van der Waals surface area contributed by atoms with E-state index in [1.807, 2.05) is 0 Å². The Hall–Kier alpha value is -1.97. The summed E-state index contributed by atoms with van der Waals surface area (Å²) in [6.07, 6.45) is 0.878. The van der Waals surface area contributed by atoms with Crippen LogP contribution in [-0.4, -0.2) is 55.7 Å². The predicted molar refractivity (Wildman–Crippen MR) is 96.5 cm³/mol. The molecule has 1 fully saturated rings. The van der Waals surface area contributed by atoms with Crippen molar-refractivity contribution in [1.82, 2.24) is 4.31 Å². The molecule has 0 unspecified atom stereocenters. The SMILES string of the molecule is CCS(=O)(=O)N1CCC(C(=O)Nc2cc(COC)cc(C(=O)O)c2)CC1. The van der Waals surface area contributed by atoms with Crippen molar-refractivity contribution in [2.45, 2.75) is 26.4 Å². The zero-order chi connectivity index (χ0) is 19.3. The fourth-order valence-electron chi connectivity index (χ4n) is 2.96. The van der Waals surface area contributed by atoms with Gasteiger partial charge in [0, 0.05) is 31.8 Å². The number of hydrogen-bond donors (Lipinski definition) is 2. The first kappa shape index (κ1) is 20.3. The molecule has 0 radical (unpaired) electrons. The van der Waals surface area contributed by atoms with E-state index in [0.717, 1.165) is 0 Å². The Morgan fingerprint density at radius 3 is 2.46 bits per heavy atom. The van der Waals surface area contributed by atoms with Gasteiger partial charge in [0.1, 0.15) is 0 Å². The van der Waals surface area contributed by atoms with Crippen molar-refractivity contribution in [2.75, 3.05) is 31.3 Å². The summed E-state index contributed by atoms with van der Waals surface area (Å²) in [7, 11) is -1.73. The van der Waals surface area contributed by atoms with E-state index < -0.39 is 16.0 Å². The van der Waals surface area contributed by atoms with Crippen LogP contribution in [0.25, 0.3) is 0 Å². The molecule has 1 aromatic rings. The quantitative estimate of drug-likeness (QED) is 0.737. The molecule has 1 heterocycles. The Bertz CT molecular complexity index is 769. The van der Waals surface area contributed by atoms with Gasteiger partial charge in [-0.05, 0) is 43.5 Å². The number of rotatable bonds is 7. The maximum absolute atomic E-state index is 12.5. The topological polar surface area (TPSA) is 113 Å². The number of hydrogen-bond acceptors (Lipinski definition) is 5. The standard InChI is InChI=1S/C17H24N2O6S/c1-3-26(23,24)19-6-4-13(5-7-19)16(20)18-15-9-12(11-25-2)8-14(10-15)17(21)22/h8-10,13H,3-7,11H2,1-2H3,(H,18,20)(H,21,22). The van der Waals surface area contributed by atoms with Crippen LogP contribution in [0.1, 0.15) is 35.7 Å². The molecule has 2 rings (SSSR count). The minimum atomic E-state index is -3.23. The number of aromatic carboxylic acids is 1. The third kappa shape index (κ3) is 5.03. The van der Waals surface area contributed by atoms with Crippen LogP contribution in [0.15, 0.2) is 18.2 Å². The van der Waals surface area contributed by atoms with Gasteiger partial charge in [0.2, 0.25) is 15.9 Å². The van der Waals surface area contributed by atoms with Gasteiger partial charge in [0.15, 0.2) is 0 Å². The molecule has 1 aromatic carbocycles. The molecule has 1 saturated heterocycles. The number of nitrogens with zero attached hydrogens (tertiary/aromatic N) is 1. The number of carbonyl (C=O) groups excluding carboxylic acids is 1. The summed E-state index contributed by atoms with van der Waals surface area (Å²) in [5.74, 6) is -1.58. The number of benzene rings is 1. The van der Waals surface area contributed by atoms with Crippen molar-refractivity contribution < 1.29 is 27.9 Å². The molecule has 0 aliphatic carbocycles. The number of carboxylic acid groups (broad SMARTS) is 1. The van der Waals surface area contributed by atoms with Crippen LogP contribution < -0.4 is 5.32 Å². The molecular weight excluding hydrogens is 360 g/mol. The van der Waals surface area contributed by atoms with Gasteiger partial charge in [0.05, 0.1) is 17.9 Å². The van der Waals surface area contributed by atoms with Gasteiger partial charge in [-0.25, -0.2) is 17.5 Å². The lowest BCUT2D eigenvalue weighted by Crippen LogP contribution is -2.42. The number of piperidine rings is 1. The Balaban J connectivity index is 2.05. The highest BCUT2D eigenvalue weighted by atomic mass is 32.2. The van der Waals surface area contributed by atoms with Gasteiger partial charge in [-0.1, -0.05) is 0 Å². The normalized spacial score (nSPS) is 16.4. The van der Waals surface area contributed by atoms with Gasteiger partial charge in [-0.2, -0.15) is 0 Å². The lowest BCUT2D eigenvalue weighted by molar-refractivity contribution is -0.120. The molecule has 8 nitrogen and oxygen atoms in total. The second-order valence-corrected chi connectivity index (χ2v) is 8.48. The fourth-order valence-corrected chi connectivity index (χ4v) is 4.09. The molecule has 1 aliphatic rings. The summed E-state index contributed by atoms with van der Waals surface area (Å²) < 4.78 is 30.2. The van der Waals surface area contributed by atoms with Gasteiger partial charge in [-0.15, -0.1) is 0 Å². The minimum absolute atomic E-state index is 0.0497. The average molecular weight is 384 g/mol. The molecule has 0 aromatic heterocycles. The van der Waals surface area contributed by atoms with Crippen molar-refractivity contribution in [1.29, 1.82) is 0 Å². The first-order valence-corrected chi connectivity index (χ1v) is 10.0. The third-order valence-corrected chi connectivity index (χ3v) is 6.28. The molecular formula is C17H24N2O6S. The molecule has 0 bridgehead atoms. The average Bonchev–Trinajstić information content (AvgIpc) is 2.61. The lowest BCUT2D eigenvalue weighted by Gasteiger charge is -2.30. The van der Waals surface area contributed by atoms with Crippen LogP contribution in [-0.2, 0) is 26.2 Å². The van der Waals surface area contributed by atoms with Crippen LogP contribution >= 0.6 is 0 Å². The van der Waals surface area contributed by atoms with Crippen LogP contribution in [0.4, 0.5) is 5.69 Å². The Morgan fingerprint density at radius 2 is 1.92 bits per heavy atom. The maximum atomic E-state index is 12.5. The molecule has 0 saturated carbocycles. The van der Waals surface area contributed by atoms with Gasteiger partial charge in [-0.3, -0.25) is 4.79 Å². The Labute approximate surface area is 153 Å². The molecule has 9 heteroatoms. The molecule has 0 spiro atoms. The van der Waals surface area contributed by atoms with E-state index in [1.54, 1.807) is 13.0 Å². The van der Waals surface area contributed by atoms with Gasteiger partial charge < -0.3 is 15.2 Å². The first-order valence-electron chi connectivity index (χ1n) is 8.41. The largest absolute Gasteiger partial charge is 0.478 e. The van der Waals surface area contributed by atoms with E-state index in [4.69, 9.17) is 4.74 Å². The molecule has 1 amide bonds. The van der Waals surface area contributed by atoms with Crippen molar-refractivity contribution in [3.8, 4) is 0 Å². The lowest BCUT2D eigenvalue weighted by atomic mass is 9.97. The van der Waals surface area contributed by atoms with E-state index in [9.17, 15) is 23.1 Å². The molecule has 144 valence electrons. The van der Waals surface area contributed by atoms with E-state index in [1.165, 1.54) is 23.5 Å². The van der Waals surface area contributed by atoms with Crippen LogP contribution in [0.3, 0.4) is 0 Å². The Kier molecular flexibility index (Phi) is 6.74. The van der Waals surface area contributed by atoms with E-state index >= 15 is 0 Å². The zero-order valence-corrected chi connectivity index (χ0v) is 15.7. The summed E-state index contributed by atoms with van der Waals surface area (Å²) in [6.45, 7) is 2.47. The second-order valence-electron chi connectivity index (χ2n) is 6.22. The number of ether oxygens (including phenoxy) is 1. The fraction of sp³-hybridized carbons (Fsp3) is 0.529. The van der Waals surface area contributed by atoms with Crippen molar-refractivity contribution >= 4 is 27.6 Å². The number of amides is 1. The number of carboxylic acids is 1. The highest BCUT2D eigenvalue weighted by molar-refractivity contribution is 7.89. The minimum Gasteiger partial charge on any atom is -0.478 e. The number of methoxy groups -OCH3 is 1. The van der Waals surface area contributed by atoms with E-state index in [-0.39, 0.29) is 29.7 Å². The predicted octanol–water partition coefficient (Wildman–Crippen LogP) is 1.53. The third-order valence-electron chi connectivity index (χ3n) is 4.40. The maximum Gasteiger partial charge on any atom is 0.335 e. The van der Waals surface area contributed by atoms with Crippen molar-refractivity contribution in [3.05, 3.63) is 29.3 Å². The van der Waals surface area contributed by atoms with Crippen LogP contribution in [0, 0.1) is 5.92 Å². The number of anilines is 1. The van der Waals surface area contributed by atoms with Crippen molar-refractivity contribution in [2.24, 2.45) is 5.92 Å². The summed E-state index contributed by atoms with van der Waals surface area (Å²) in [4.78, 5) is 23.7. The summed E-state index contributed by atoms with van der Waals surface area (Å²) in [6, 6.07) is 4.57. The monoisotopic (exact) mass is 384 g/mol. The smallest absolute Gasteiger partial charge is 0.335 e. The molecule has 1 aliphatic heterocycles. The number of carbonyl (C=O) groups is 2. The highest BCUT2D eigenvalue weighted by Gasteiger charge is 2.30. The van der Waals surface area contributed by atoms with Crippen LogP contribution in [0.2, 0.25) is 0 Å². The first-order chi connectivity index (χ1) is 12.3. The van der Waals surface area contributed by atoms with Crippen LogP contribution in [0.5, 0.6) is 0 Å². The van der Waals surface area contributed by atoms with Crippen molar-refractivity contribution in [3.63, 3.8) is 0 Å². The zero-order valence-electron chi connectivity index (χ0n) is 14.9. The molecule has 26 heavy (non-hydrogen) atoms. The molecule has 2 N–H and O–H groups in total. The summed E-state index contributed by atoms with van der Waals surface area (Å²) in [5.41, 5.74) is 1.11. The van der Waals surface area contributed by atoms with E-state index in [2.05, 4.69) is 5.32 Å². The summed E-state index contributed by atoms with van der Waals surface area (Å²) in [5, 5.41) is 11.9.